The van der Waals surface area contributed by atoms with Crippen molar-refractivity contribution >= 4 is 37.9 Å². The third kappa shape index (κ3) is 2.62. The maximum Gasteiger partial charge on any atom is 0.263 e. The number of benzene rings is 2. The molecule has 25 heavy (non-hydrogen) atoms. The molecule has 126 valence electrons. The van der Waals surface area contributed by atoms with E-state index in [0.717, 1.165) is 16.5 Å². The number of hydrogen-bond donors (Lipinski definition) is 1. The maximum atomic E-state index is 12.7. The number of rotatable bonds is 3. The van der Waals surface area contributed by atoms with Crippen LogP contribution in [0.2, 0.25) is 0 Å². The van der Waals surface area contributed by atoms with Gasteiger partial charge in [-0.2, -0.15) is 0 Å². The molecule has 0 saturated heterocycles. The zero-order chi connectivity index (χ0) is 17.6. The Morgan fingerprint density at radius 2 is 1.80 bits per heavy atom. The highest BCUT2D eigenvalue weighted by atomic mass is 32.2. The molecule has 2 aromatic heterocycles. The van der Waals surface area contributed by atoms with Gasteiger partial charge in [-0.1, -0.05) is 18.2 Å². The van der Waals surface area contributed by atoms with Gasteiger partial charge < -0.3 is 4.42 Å². The molecule has 0 spiro atoms. The number of furan rings is 1. The number of fused-ring (bicyclic) bond motifs is 3. The Hall–Kier alpha value is -2.93. The highest BCUT2D eigenvalue weighted by molar-refractivity contribution is 7.92. The first-order valence-electron chi connectivity index (χ1n) is 7.68. The van der Waals surface area contributed by atoms with E-state index in [9.17, 15) is 8.42 Å². The van der Waals surface area contributed by atoms with Crippen molar-refractivity contribution in [1.82, 2.24) is 9.97 Å². The maximum absolute atomic E-state index is 12.7. The number of aromatic nitrogens is 2. The molecule has 0 aliphatic carbocycles. The predicted octanol–water partition coefficient (Wildman–Crippen LogP) is 3.79. The van der Waals surface area contributed by atoms with Crippen LogP contribution in [0.25, 0.3) is 22.1 Å². The Kier molecular flexibility index (Phi) is 3.47. The molecule has 0 aliphatic heterocycles. The standard InChI is InChI=1S/C18H15N3O3S/c1-11-7-8-13(9-12(11)2)25(22,23)21-18-17-16(19-10-20-18)14-5-3-4-6-15(14)24-17/h3-10H,1-2H3,(H,19,20,21). The minimum atomic E-state index is -3.78. The number of sulfonamides is 1. The van der Waals surface area contributed by atoms with Crippen LogP contribution in [-0.4, -0.2) is 18.4 Å². The molecule has 7 heteroatoms. The molecule has 4 aromatic rings. The molecule has 4 rings (SSSR count). The van der Waals surface area contributed by atoms with Crippen LogP contribution in [0.15, 0.2) is 58.1 Å². The normalized spacial score (nSPS) is 11.9. The van der Waals surface area contributed by atoms with Crippen LogP contribution in [-0.2, 0) is 10.0 Å². The lowest BCUT2D eigenvalue weighted by Crippen LogP contribution is -2.14. The lowest BCUT2D eigenvalue weighted by Gasteiger charge is -2.09. The van der Waals surface area contributed by atoms with Crippen LogP contribution in [0.5, 0.6) is 0 Å². The summed E-state index contributed by atoms with van der Waals surface area (Å²) in [5, 5.41) is 0.812. The van der Waals surface area contributed by atoms with E-state index in [1.165, 1.54) is 6.33 Å². The lowest BCUT2D eigenvalue weighted by molar-refractivity contribution is 0.600. The monoisotopic (exact) mass is 353 g/mol. The highest BCUT2D eigenvalue weighted by Crippen LogP contribution is 2.31. The molecule has 0 fully saturated rings. The smallest absolute Gasteiger partial charge is 0.263 e. The summed E-state index contributed by atoms with van der Waals surface area (Å²) in [4.78, 5) is 8.46. The number of hydrogen-bond acceptors (Lipinski definition) is 5. The van der Waals surface area contributed by atoms with E-state index in [4.69, 9.17) is 4.42 Å². The second-order valence-electron chi connectivity index (χ2n) is 5.85. The summed E-state index contributed by atoms with van der Waals surface area (Å²) >= 11 is 0. The largest absolute Gasteiger partial charge is 0.450 e. The fraction of sp³-hybridized carbons (Fsp3) is 0.111. The Morgan fingerprint density at radius 1 is 1.00 bits per heavy atom. The Bertz CT molecular complexity index is 1210. The van der Waals surface area contributed by atoms with Gasteiger partial charge in [0.25, 0.3) is 10.0 Å². The summed E-state index contributed by atoms with van der Waals surface area (Å²) < 4.78 is 33.7. The Balaban J connectivity index is 1.83. The third-order valence-electron chi connectivity index (χ3n) is 4.18. The molecule has 1 N–H and O–H groups in total. The minimum absolute atomic E-state index is 0.124. The lowest BCUT2D eigenvalue weighted by atomic mass is 10.1. The number of aryl methyl sites for hydroxylation is 2. The van der Waals surface area contributed by atoms with Crippen molar-refractivity contribution in [2.75, 3.05) is 4.72 Å². The fourth-order valence-corrected chi connectivity index (χ4v) is 3.76. The SMILES string of the molecule is Cc1ccc(S(=O)(=O)Nc2ncnc3c2oc2ccccc23)cc1C. The minimum Gasteiger partial charge on any atom is -0.450 e. The Morgan fingerprint density at radius 3 is 2.60 bits per heavy atom. The summed E-state index contributed by atoms with van der Waals surface area (Å²) in [6, 6.07) is 12.4. The summed E-state index contributed by atoms with van der Waals surface area (Å²) in [7, 11) is -3.78. The van der Waals surface area contributed by atoms with E-state index in [2.05, 4.69) is 14.7 Å². The van der Waals surface area contributed by atoms with Gasteiger partial charge in [0.2, 0.25) is 0 Å². The second kappa shape index (κ2) is 5.56. The van der Waals surface area contributed by atoms with Crippen molar-refractivity contribution in [3.05, 3.63) is 59.9 Å². The van der Waals surface area contributed by atoms with Crippen LogP contribution < -0.4 is 4.72 Å². The highest BCUT2D eigenvalue weighted by Gasteiger charge is 2.20. The first-order valence-corrected chi connectivity index (χ1v) is 9.16. The number of anilines is 1. The number of para-hydroxylation sites is 1. The second-order valence-corrected chi connectivity index (χ2v) is 7.53. The van der Waals surface area contributed by atoms with Gasteiger partial charge in [0.05, 0.1) is 4.90 Å². The molecule has 2 aromatic carbocycles. The van der Waals surface area contributed by atoms with Crippen molar-refractivity contribution in [3.8, 4) is 0 Å². The zero-order valence-electron chi connectivity index (χ0n) is 13.6. The van der Waals surface area contributed by atoms with Crippen LogP contribution in [0.1, 0.15) is 11.1 Å². The number of nitrogens with zero attached hydrogens (tertiary/aromatic N) is 2. The van der Waals surface area contributed by atoms with E-state index in [-0.39, 0.29) is 10.7 Å². The van der Waals surface area contributed by atoms with Gasteiger partial charge in [-0.05, 0) is 49.2 Å². The van der Waals surface area contributed by atoms with E-state index >= 15 is 0 Å². The average Bonchev–Trinajstić information content (AvgIpc) is 2.97. The van der Waals surface area contributed by atoms with Crippen LogP contribution >= 0.6 is 0 Å². The Labute approximate surface area is 144 Å². The van der Waals surface area contributed by atoms with E-state index < -0.39 is 10.0 Å². The van der Waals surface area contributed by atoms with Gasteiger partial charge in [0.15, 0.2) is 11.4 Å². The van der Waals surface area contributed by atoms with Gasteiger partial charge >= 0.3 is 0 Å². The van der Waals surface area contributed by atoms with E-state index in [0.29, 0.717) is 16.7 Å². The first kappa shape index (κ1) is 15.6. The fourth-order valence-electron chi connectivity index (χ4n) is 2.66. The quantitative estimate of drug-likeness (QED) is 0.605. The van der Waals surface area contributed by atoms with Crippen molar-refractivity contribution in [2.45, 2.75) is 18.7 Å². The molecular weight excluding hydrogens is 338 g/mol. The van der Waals surface area contributed by atoms with Gasteiger partial charge in [0.1, 0.15) is 17.4 Å². The molecule has 0 unspecified atom stereocenters. The molecule has 0 atom stereocenters. The molecule has 6 nitrogen and oxygen atoms in total. The van der Waals surface area contributed by atoms with Gasteiger partial charge in [-0.25, -0.2) is 18.4 Å². The van der Waals surface area contributed by atoms with E-state index in [1.807, 2.05) is 32.0 Å². The molecule has 2 heterocycles. The zero-order valence-corrected chi connectivity index (χ0v) is 14.5. The predicted molar refractivity (Wildman–Crippen MR) is 96.0 cm³/mol. The van der Waals surface area contributed by atoms with Gasteiger partial charge in [0, 0.05) is 5.39 Å². The van der Waals surface area contributed by atoms with Gasteiger partial charge in [-0.15, -0.1) is 0 Å². The van der Waals surface area contributed by atoms with Crippen LogP contribution in [0.4, 0.5) is 5.82 Å². The van der Waals surface area contributed by atoms with Crippen LogP contribution in [0, 0.1) is 13.8 Å². The molecule has 0 radical (unpaired) electrons. The first-order chi connectivity index (χ1) is 12.0. The molecule has 0 aliphatic rings. The molecule has 0 saturated carbocycles. The summed E-state index contributed by atoms with van der Waals surface area (Å²) in [5.74, 6) is 0.124. The van der Waals surface area contributed by atoms with Crippen molar-refractivity contribution in [2.24, 2.45) is 0 Å². The topological polar surface area (TPSA) is 85.1 Å². The van der Waals surface area contributed by atoms with Crippen LogP contribution in [0.3, 0.4) is 0 Å². The van der Waals surface area contributed by atoms with Crippen molar-refractivity contribution < 1.29 is 12.8 Å². The molecule has 0 bridgehead atoms. The third-order valence-corrected chi connectivity index (χ3v) is 5.51. The average molecular weight is 353 g/mol. The molecule has 0 amide bonds. The van der Waals surface area contributed by atoms with E-state index in [1.54, 1.807) is 24.3 Å². The van der Waals surface area contributed by atoms with Crippen molar-refractivity contribution in [3.63, 3.8) is 0 Å². The summed E-state index contributed by atoms with van der Waals surface area (Å²) in [6.45, 7) is 3.80. The molecular formula is C18H15N3O3S. The summed E-state index contributed by atoms with van der Waals surface area (Å²) in [5.41, 5.74) is 3.45. The van der Waals surface area contributed by atoms with Gasteiger partial charge in [-0.3, -0.25) is 4.72 Å². The van der Waals surface area contributed by atoms with Crippen molar-refractivity contribution in [1.29, 1.82) is 0 Å². The number of nitrogens with one attached hydrogen (secondary N) is 1. The summed E-state index contributed by atoms with van der Waals surface area (Å²) in [6.07, 6.45) is 1.32.